The minimum Gasteiger partial charge on any atom is -0.245 e. The van der Waals surface area contributed by atoms with E-state index in [0.29, 0.717) is 0 Å². The van der Waals surface area contributed by atoms with E-state index in [1.54, 1.807) is 6.08 Å². The van der Waals surface area contributed by atoms with Crippen LogP contribution in [0, 0.1) is 6.92 Å². The van der Waals surface area contributed by atoms with Crippen LogP contribution in [-0.2, 0) is 0 Å². The molecule has 0 aromatic carbocycles. The standard InChI is InChI=1S/C4H7.Li/c1-3-4-2;/h3-4H,1H2,2H3;/q-1;+1. The van der Waals surface area contributed by atoms with Crippen molar-refractivity contribution in [1.82, 2.24) is 0 Å². The minimum atomic E-state index is 0. The van der Waals surface area contributed by atoms with Gasteiger partial charge in [-0.3, -0.25) is 0 Å². The fraction of sp³-hybridized carbons (Fsp3) is 0.250. The quantitative estimate of drug-likeness (QED) is 0.234. The Balaban J connectivity index is 0. The molecule has 0 aliphatic heterocycles. The van der Waals surface area contributed by atoms with Crippen molar-refractivity contribution in [3.63, 3.8) is 0 Å². The summed E-state index contributed by atoms with van der Waals surface area (Å²) in [6.07, 6.45) is 3.64. The Morgan fingerprint density at radius 3 is 1.80 bits per heavy atom. The van der Waals surface area contributed by atoms with Crippen molar-refractivity contribution < 1.29 is 18.9 Å². The molecule has 0 atom stereocenters. The molecule has 0 saturated carbocycles. The monoisotopic (exact) mass is 62.1 g/mol. The smallest absolute Gasteiger partial charge is 0.245 e. The van der Waals surface area contributed by atoms with Crippen molar-refractivity contribution in [2.24, 2.45) is 0 Å². The third-order valence-electron chi connectivity index (χ3n) is 0.236. The number of hydrogen-bond acceptors (Lipinski definition) is 0. The van der Waals surface area contributed by atoms with Crippen molar-refractivity contribution in [3.8, 4) is 0 Å². The van der Waals surface area contributed by atoms with Gasteiger partial charge >= 0.3 is 18.9 Å². The largest absolute Gasteiger partial charge is 1.00 e. The molecule has 0 aliphatic carbocycles. The first kappa shape index (κ1) is 8.96. The molecule has 1 heteroatoms. The van der Waals surface area contributed by atoms with Gasteiger partial charge in [-0.05, 0) is 0 Å². The van der Waals surface area contributed by atoms with Gasteiger partial charge < -0.3 is 0 Å². The molecular weight excluding hydrogens is 55.0 g/mol. The van der Waals surface area contributed by atoms with Gasteiger partial charge in [0.25, 0.3) is 0 Å². The maximum Gasteiger partial charge on any atom is 1.00 e. The second kappa shape index (κ2) is 8.88. The molecular formula is C4H7Li. The Morgan fingerprint density at radius 2 is 1.80 bits per heavy atom. The molecule has 0 saturated heterocycles. The predicted molar refractivity (Wildman–Crippen MR) is 20.2 cm³/mol. The van der Waals surface area contributed by atoms with E-state index in [1.807, 2.05) is 13.0 Å². The van der Waals surface area contributed by atoms with E-state index in [9.17, 15) is 0 Å². The summed E-state index contributed by atoms with van der Waals surface area (Å²) in [5, 5.41) is 0. The molecule has 0 radical (unpaired) electrons. The van der Waals surface area contributed by atoms with E-state index in [4.69, 9.17) is 0 Å². The fourth-order valence-electron chi connectivity index (χ4n) is 0. The summed E-state index contributed by atoms with van der Waals surface area (Å²) in [5.41, 5.74) is 0. The van der Waals surface area contributed by atoms with Crippen molar-refractivity contribution in [2.75, 3.05) is 0 Å². The van der Waals surface area contributed by atoms with Gasteiger partial charge in [0.2, 0.25) is 0 Å². The molecule has 0 aromatic heterocycles. The van der Waals surface area contributed by atoms with Crippen LogP contribution in [0.3, 0.4) is 0 Å². The maximum absolute atomic E-state index is 3.42. The SMILES string of the molecule is [CH2-]C=CC.[Li+]. The van der Waals surface area contributed by atoms with Crippen molar-refractivity contribution >= 4 is 0 Å². The zero-order valence-corrected chi connectivity index (χ0v) is 3.86. The normalized spacial score (nSPS) is 7.40. The summed E-state index contributed by atoms with van der Waals surface area (Å²) in [6.45, 7) is 5.36. The second-order valence-corrected chi connectivity index (χ2v) is 0.569. The Morgan fingerprint density at radius 1 is 1.60 bits per heavy atom. The molecule has 24 valence electrons. The first-order valence-electron chi connectivity index (χ1n) is 1.32. The third kappa shape index (κ3) is 14.1. The summed E-state index contributed by atoms with van der Waals surface area (Å²) >= 11 is 0. The first-order chi connectivity index (χ1) is 1.91. The molecule has 0 amide bonds. The van der Waals surface area contributed by atoms with Crippen LogP contribution in [0.25, 0.3) is 0 Å². The Hall–Kier alpha value is 0.207. The van der Waals surface area contributed by atoms with E-state index in [0.717, 1.165) is 0 Å². The van der Waals surface area contributed by atoms with E-state index in [2.05, 4.69) is 6.92 Å². The molecule has 0 fully saturated rings. The van der Waals surface area contributed by atoms with Crippen LogP contribution in [0.1, 0.15) is 6.92 Å². The molecule has 5 heavy (non-hydrogen) atoms. The van der Waals surface area contributed by atoms with E-state index >= 15 is 0 Å². The van der Waals surface area contributed by atoms with Gasteiger partial charge in [-0.2, -0.15) is 0 Å². The molecule has 0 rings (SSSR count). The summed E-state index contributed by atoms with van der Waals surface area (Å²) < 4.78 is 0. The van der Waals surface area contributed by atoms with Gasteiger partial charge in [0, 0.05) is 0 Å². The van der Waals surface area contributed by atoms with Gasteiger partial charge in [-0.25, -0.2) is 19.1 Å². The van der Waals surface area contributed by atoms with Crippen LogP contribution >= 0.6 is 0 Å². The molecule has 0 unspecified atom stereocenters. The van der Waals surface area contributed by atoms with E-state index in [1.165, 1.54) is 0 Å². The Kier molecular flexibility index (Phi) is 15.9. The van der Waals surface area contributed by atoms with Crippen LogP contribution in [-0.4, -0.2) is 0 Å². The van der Waals surface area contributed by atoms with E-state index in [-0.39, 0.29) is 18.9 Å². The molecule has 0 spiro atoms. The maximum atomic E-state index is 3.42. The second-order valence-electron chi connectivity index (χ2n) is 0.569. The van der Waals surface area contributed by atoms with Crippen LogP contribution in [0.4, 0.5) is 0 Å². The number of rotatable bonds is 0. The predicted octanol–water partition coefficient (Wildman–Crippen LogP) is -1.60. The zero-order chi connectivity index (χ0) is 3.41. The van der Waals surface area contributed by atoms with Crippen LogP contribution in [0.5, 0.6) is 0 Å². The van der Waals surface area contributed by atoms with Gasteiger partial charge in [0.05, 0.1) is 0 Å². The molecule has 0 aliphatic rings. The molecule has 0 aromatic rings. The summed E-state index contributed by atoms with van der Waals surface area (Å²) in [7, 11) is 0. The van der Waals surface area contributed by atoms with E-state index < -0.39 is 0 Å². The average molecular weight is 62.0 g/mol. The molecule has 0 N–H and O–H groups in total. The van der Waals surface area contributed by atoms with Gasteiger partial charge in [0.15, 0.2) is 0 Å². The zero-order valence-electron chi connectivity index (χ0n) is 3.86. The Bertz CT molecular complexity index is 18.8. The molecule has 0 bridgehead atoms. The van der Waals surface area contributed by atoms with Gasteiger partial charge in [-0.15, -0.1) is 6.92 Å². The summed E-state index contributed by atoms with van der Waals surface area (Å²) in [6, 6.07) is 0. The van der Waals surface area contributed by atoms with Gasteiger partial charge in [0.1, 0.15) is 0 Å². The molecule has 0 nitrogen and oxygen atoms in total. The topological polar surface area (TPSA) is 0 Å². The van der Waals surface area contributed by atoms with Crippen molar-refractivity contribution in [2.45, 2.75) is 6.92 Å². The van der Waals surface area contributed by atoms with Gasteiger partial charge in [-0.1, -0.05) is 0 Å². The van der Waals surface area contributed by atoms with Crippen LogP contribution in [0.2, 0.25) is 0 Å². The Labute approximate surface area is 45.4 Å². The number of hydrogen-bond donors (Lipinski definition) is 0. The third-order valence-corrected chi connectivity index (χ3v) is 0.236. The number of allylic oxidation sites excluding steroid dienone is 2. The fourth-order valence-corrected chi connectivity index (χ4v) is 0. The first-order valence-corrected chi connectivity index (χ1v) is 1.32. The average Bonchev–Trinajstić information content (AvgIpc) is 1.37. The van der Waals surface area contributed by atoms with Crippen molar-refractivity contribution in [1.29, 1.82) is 0 Å². The van der Waals surface area contributed by atoms with Crippen LogP contribution in [0.15, 0.2) is 12.2 Å². The van der Waals surface area contributed by atoms with Crippen LogP contribution < -0.4 is 18.9 Å². The minimum absolute atomic E-state index is 0. The molecule has 0 heterocycles. The van der Waals surface area contributed by atoms with Crippen molar-refractivity contribution in [3.05, 3.63) is 19.1 Å². The summed E-state index contributed by atoms with van der Waals surface area (Å²) in [5.74, 6) is 0. The summed E-state index contributed by atoms with van der Waals surface area (Å²) in [4.78, 5) is 0.